The third-order valence-electron chi connectivity index (χ3n) is 9.41. The Hall–Kier alpha value is -5.44. The minimum atomic E-state index is 1.16. The van der Waals surface area contributed by atoms with Crippen LogP contribution >= 0.6 is 11.3 Å². The molecule has 2 heteroatoms. The molecule has 0 amide bonds. The smallest absolute Gasteiger partial charge is 0.0551 e. The molecule has 0 fully saturated rings. The number of benzene rings is 8. The molecule has 0 atom stereocenters. The van der Waals surface area contributed by atoms with Crippen LogP contribution in [0.1, 0.15) is 0 Å². The molecule has 0 unspecified atom stereocenters. The van der Waals surface area contributed by atoms with Gasteiger partial charge >= 0.3 is 0 Å². The van der Waals surface area contributed by atoms with Gasteiger partial charge in [-0.25, -0.2) is 0 Å². The van der Waals surface area contributed by atoms with Crippen LogP contribution in [-0.2, 0) is 0 Å². The summed E-state index contributed by atoms with van der Waals surface area (Å²) in [7, 11) is 0. The first-order valence-electron chi connectivity index (χ1n) is 15.1. The molecular weight excluding hydrogens is 551 g/mol. The average Bonchev–Trinajstić information content (AvgIpc) is 3.66. The Kier molecular flexibility index (Phi) is 4.94. The van der Waals surface area contributed by atoms with E-state index in [1.807, 2.05) is 11.3 Å². The molecule has 1 nitrogen and oxygen atoms in total. The van der Waals surface area contributed by atoms with E-state index >= 15 is 0 Å². The maximum absolute atomic E-state index is 3.88. The number of aromatic amines is 1. The highest BCUT2D eigenvalue weighted by Gasteiger charge is 2.21. The Morgan fingerprint density at radius 1 is 0.341 bits per heavy atom. The van der Waals surface area contributed by atoms with Gasteiger partial charge in [-0.15, -0.1) is 11.3 Å². The molecule has 0 aliphatic rings. The van der Waals surface area contributed by atoms with Crippen LogP contribution in [0.15, 0.2) is 146 Å². The Bertz CT molecular complexity index is 2730. The molecule has 0 saturated carbocycles. The quantitative estimate of drug-likeness (QED) is 0.197. The summed E-state index contributed by atoms with van der Waals surface area (Å²) in [6.07, 6.45) is 0. The van der Waals surface area contributed by atoms with Crippen LogP contribution < -0.4 is 0 Å². The van der Waals surface area contributed by atoms with Crippen LogP contribution in [0, 0.1) is 0 Å². The maximum atomic E-state index is 3.88. The van der Waals surface area contributed by atoms with Crippen molar-refractivity contribution < 1.29 is 0 Å². The molecule has 0 spiro atoms. The molecule has 2 aromatic heterocycles. The van der Waals surface area contributed by atoms with Gasteiger partial charge in [-0.2, -0.15) is 0 Å². The van der Waals surface area contributed by atoms with Crippen molar-refractivity contribution in [3.8, 4) is 22.3 Å². The molecule has 0 bridgehead atoms. The molecule has 44 heavy (non-hydrogen) atoms. The largest absolute Gasteiger partial charge is 0.354 e. The zero-order valence-corrected chi connectivity index (χ0v) is 24.6. The van der Waals surface area contributed by atoms with Crippen LogP contribution in [0.3, 0.4) is 0 Å². The van der Waals surface area contributed by atoms with Crippen LogP contribution in [-0.4, -0.2) is 4.98 Å². The van der Waals surface area contributed by atoms with E-state index in [9.17, 15) is 0 Å². The van der Waals surface area contributed by atoms with Gasteiger partial charge in [0, 0.05) is 42.0 Å². The number of hydrogen-bond donors (Lipinski definition) is 1. The molecule has 0 saturated heterocycles. The van der Waals surface area contributed by atoms with E-state index in [0.29, 0.717) is 0 Å². The van der Waals surface area contributed by atoms with E-state index in [1.54, 1.807) is 0 Å². The Labute approximate surface area is 257 Å². The number of H-pyrrole nitrogens is 1. The van der Waals surface area contributed by atoms with E-state index in [4.69, 9.17) is 0 Å². The van der Waals surface area contributed by atoms with Gasteiger partial charge in [0.2, 0.25) is 0 Å². The average molecular weight is 576 g/mol. The standard InChI is InChI=1S/C42H25NS/c1-2-12-27-25(11-1)26-13-3-4-15-29(26)39-30(27)17-9-18-31(39)32-23-24-33-28-14-5-7-20-36(28)43-42(33)41(32)35-19-10-22-38-40(35)34-16-6-8-21-37(34)44-38/h1-24,43H. The summed E-state index contributed by atoms with van der Waals surface area (Å²) < 4.78 is 2.64. The van der Waals surface area contributed by atoms with Crippen LogP contribution in [0.5, 0.6) is 0 Å². The van der Waals surface area contributed by atoms with E-state index in [-0.39, 0.29) is 0 Å². The van der Waals surface area contributed by atoms with Crippen molar-refractivity contribution in [2.45, 2.75) is 0 Å². The lowest BCUT2D eigenvalue weighted by atomic mass is 9.85. The highest BCUT2D eigenvalue weighted by molar-refractivity contribution is 7.25. The second-order valence-corrected chi connectivity index (χ2v) is 12.8. The van der Waals surface area contributed by atoms with Gasteiger partial charge in [-0.3, -0.25) is 0 Å². The molecule has 204 valence electrons. The molecule has 0 aliphatic heterocycles. The predicted octanol–water partition coefficient (Wildman–Crippen LogP) is 12.5. The first kappa shape index (κ1) is 24.0. The topological polar surface area (TPSA) is 15.8 Å². The summed E-state index contributed by atoms with van der Waals surface area (Å²) in [5, 5.41) is 12.9. The van der Waals surface area contributed by atoms with Gasteiger partial charge in [0.05, 0.1) is 5.52 Å². The number of thiophene rings is 1. The number of nitrogens with one attached hydrogen (secondary N) is 1. The fraction of sp³-hybridized carbons (Fsp3) is 0. The van der Waals surface area contributed by atoms with Gasteiger partial charge in [-0.05, 0) is 67.2 Å². The lowest BCUT2D eigenvalue weighted by Crippen LogP contribution is -1.91. The van der Waals surface area contributed by atoms with Crippen molar-refractivity contribution in [1.29, 1.82) is 0 Å². The van der Waals surface area contributed by atoms with Gasteiger partial charge in [0.1, 0.15) is 0 Å². The molecule has 0 aliphatic carbocycles. The van der Waals surface area contributed by atoms with Crippen molar-refractivity contribution in [3.05, 3.63) is 146 Å². The fourth-order valence-corrected chi connectivity index (χ4v) is 8.72. The van der Waals surface area contributed by atoms with Gasteiger partial charge < -0.3 is 4.98 Å². The summed E-state index contributed by atoms with van der Waals surface area (Å²) in [6.45, 7) is 0. The molecule has 2 heterocycles. The van der Waals surface area contributed by atoms with Crippen LogP contribution in [0.2, 0.25) is 0 Å². The molecule has 8 aromatic carbocycles. The van der Waals surface area contributed by atoms with Crippen molar-refractivity contribution in [2.75, 3.05) is 0 Å². The summed E-state index contributed by atoms with van der Waals surface area (Å²) in [6, 6.07) is 53.6. The first-order valence-corrected chi connectivity index (χ1v) is 15.9. The van der Waals surface area contributed by atoms with Crippen molar-refractivity contribution in [2.24, 2.45) is 0 Å². The summed E-state index contributed by atoms with van der Waals surface area (Å²) in [5.74, 6) is 0. The minimum Gasteiger partial charge on any atom is -0.354 e. The summed E-state index contributed by atoms with van der Waals surface area (Å²) >= 11 is 1.88. The maximum Gasteiger partial charge on any atom is 0.0551 e. The van der Waals surface area contributed by atoms with Gasteiger partial charge in [0.25, 0.3) is 0 Å². The number of aromatic nitrogens is 1. The third kappa shape index (κ3) is 3.23. The Morgan fingerprint density at radius 3 is 1.70 bits per heavy atom. The lowest BCUT2D eigenvalue weighted by molar-refractivity contribution is 1.54. The zero-order chi connectivity index (χ0) is 28.8. The fourth-order valence-electron chi connectivity index (χ4n) is 7.59. The Morgan fingerprint density at radius 2 is 0.909 bits per heavy atom. The molecule has 10 aromatic rings. The molecule has 10 rings (SSSR count). The third-order valence-corrected chi connectivity index (χ3v) is 10.5. The van der Waals surface area contributed by atoms with Gasteiger partial charge in [-0.1, -0.05) is 127 Å². The van der Waals surface area contributed by atoms with Crippen molar-refractivity contribution in [3.63, 3.8) is 0 Å². The number of fused-ring (bicyclic) bond motifs is 12. The highest BCUT2D eigenvalue weighted by atomic mass is 32.1. The normalized spacial score (nSPS) is 12.1. The summed E-state index contributed by atoms with van der Waals surface area (Å²) in [5.41, 5.74) is 7.40. The van der Waals surface area contributed by atoms with E-state index in [2.05, 4.69) is 151 Å². The zero-order valence-electron chi connectivity index (χ0n) is 23.8. The molecule has 0 radical (unpaired) electrons. The number of para-hydroxylation sites is 1. The second-order valence-electron chi connectivity index (χ2n) is 11.7. The van der Waals surface area contributed by atoms with Crippen LogP contribution in [0.4, 0.5) is 0 Å². The van der Waals surface area contributed by atoms with Crippen molar-refractivity contribution in [1.82, 2.24) is 4.98 Å². The van der Waals surface area contributed by atoms with E-state index in [1.165, 1.54) is 91.0 Å². The van der Waals surface area contributed by atoms with E-state index < -0.39 is 0 Å². The lowest BCUT2D eigenvalue weighted by Gasteiger charge is -2.18. The highest BCUT2D eigenvalue weighted by Crippen LogP contribution is 2.48. The second kappa shape index (κ2) is 9.03. The SMILES string of the molecule is c1ccc2c(c1)[nH]c1c(-c3cccc4sc5ccccc5c34)c(-c3cccc4c5ccccc5c5ccccc5c34)ccc12. The predicted molar refractivity (Wildman–Crippen MR) is 192 cm³/mol. The van der Waals surface area contributed by atoms with Crippen molar-refractivity contribution >= 4 is 85.6 Å². The number of rotatable bonds is 2. The number of hydrogen-bond acceptors (Lipinski definition) is 1. The van der Waals surface area contributed by atoms with E-state index in [0.717, 1.165) is 5.52 Å². The molecule has 1 N–H and O–H groups in total. The summed E-state index contributed by atoms with van der Waals surface area (Å²) in [4.78, 5) is 3.88. The Balaban J connectivity index is 1.43. The first-order chi connectivity index (χ1) is 21.8. The monoisotopic (exact) mass is 575 g/mol. The van der Waals surface area contributed by atoms with Crippen LogP contribution in [0.25, 0.3) is 96.5 Å². The molecular formula is C42H25NS. The van der Waals surface area contributed by atoms with Gasteiger partial charge in [0.15, 0.2) is 0 Å². The minimum absolute atomic E-state index is 1.16.